The number of hydrogen-bond acceptors (Lipinski definition) is 2. The predicted molar refractivity (Wildman–Crippen MR) is 121 cm³/mol. The van der Waals surface area contributed by atoms with E-state index in [0.717, 1.165) is 38.5 Å². The van der Waals surface area contributed by atoms with Crippen molar-refractivity contribution >= 4 is 38.8 Å². The molecular formula is C25H17BrN2. The van der Waals surface area contributed by atoms with E-state index in [0.29, 0.717) is 0 Å². The van der Waals surface area contributed by atoms with Gasteiger partial charge in [-0.05, 0) is 36.4 Å². The number of benzene rings is 4. The minimum atomic E-state index is 0.917. The van der Waals surface area contributed by atoms with Gasteiger partial charge in [-0.15, -0.1) is 0 Å². The van der Waals surface area contributed by atoms with Crippen LogP contribution < -0.4 is 4.90 Å². The van der Waals surface area contributed by atoms with Gasteiger partial charge in [0.15, 0.2) is 0 Å². The van der Waals surface area contributed by atoms with E-state index in [-0.39, 0.29) is 0 Å². The molecule has 0 radical (unpaired) electrons. The van der Waals surface area contributed by atoms with Gasteiger partial charge >= 0.3 is 0 Å². The molecule has 1 aliphatic heterocycles. The fourth-order valence-corrected chi connectivity index (χ4v) is 3.87. The van der Waals surface area contributed by atoms with Crippen LogP contribution in [0.5, 0.6) is 0 Å². The number of aliphatic imine (C=N–C) groups is 1. The number of halogens is 1. The Balaban J connectivity index is 1.85. The first-order chi connectivity index (χ1) is 13.8. The van der Waals surface area contributed by atoms with Crippen molar-refractivity contribution in [2.75, 3.05) is 4.90 Å². The SMILES string of the molecule is Brc1ccc(N2C(c3ccccc3)=Nc3ccccc3-c3ccccc32)cc1. The van der Waals surface area contributed by atoms with Crippen LogP contribution in [0.15, 0.2) is 113 Å². The van der Waals surface area contributed by atoms with E-state index >= 15 is 0 Å². The Labute approximate surface area is 172 Å². The van der Waals surface area contributed by atoms with Gasteiger partial charge in [0.25, 0.3) is 0 Å². The van der Waals surface area contributed by atoms with Crippen LogP contribution in [0.3, 0.4) is 0 Å². The van der Waals surface area contributed by atoms with Crippen molar-refractivity contribution in [1.29, 1.82) is 0 Å². The number of fused-ring (bicyclic) bond motifs is 3. The molecule has 0 aromatic heterocycles. The first kappa shape index (κ1) is 17.0. The third-order valence-electron chi connectivity index (χ3n) is 4.89. The number of rotatable bonds is 2. The van der Waals surface area contributed by atoms with E-state index in [1.54, 1.807) is 0 Å². The normalized spacial score (nSPS) is 12.6. The molecule has 134 valence electrons. The summed E-state index contributed by atoms with van der Waals surface area (Å²) >= 11 is 3.55. The van der Waals surface area contributed by atoms with Crippen LogP contribution in [0.2, 0.25) is 0 Å². The largest absolute Gasteiger partial charge is 0.294 e. The molecule has 0 N–H and O–H groups in total. The summed E-state index contributed by atoms with van der Waals surface area (Å²) in [5, 5.41) is 0. The fourth-order valence-electron chi connectivity index (χ4n) is 3.61. The van der Waals surface area contributed by atoms with Crippen molar-refractivity contribution in [3.63, 3.8) is 0 Å². The smallest absolute Gasteiger partial charge is 0.145 e. The van der Waals surface area contributed by atoms with Crippen LogP contribution in [0.4, 0.5) is 17.1 Å². The lowest BCUT2D eigenvalue weighted by Crippen LogP contribution is -2.26. The minimum absolute atomic E-state index is 0.917. The van der Waals surface area contributed by atoms with Gasteiger partial charge in [0.2, 0.25) is 0 Å². The molecule has 1 aliphatic rings. The molecule has 4 aromatic carbocycles. The molecule has 3 heteroatoms. The summed E-state index contributed by atoms with van der Waals surface area (Å²) in [6.07, 6.45) is 0. The molecule has 0 saturated carbocycles. The van der Waals surface area contributed by atoms with E-state index in [1.165, 1.54) is 5.56 Å². The summed E-state index contributed by atoms with van der Waals surface area (Å²) in [5.74, 6) is 0.917. The molecule has 2 nitrogen and oxygen atoms in total. The van der Waals surface area contributed by atoms with Crippen LogP contribution in [0.1, 0.15) is 5.56 Å². The van der Waals surface area contributed by atoms with Crippen molar-refractivity contribution in [1.82, 2.24) is 0 Å². The Bertz CT molecular complexity index is 1160. The molecule has 0 aliphatic carbocycles. The summed E-state index contributed by atoms with van der Waals surface area (Å²) in [4.78, 5) is 7.38. The van der Waals surface area contributed by atoms with Crippen LogP contribution >= 0.6 is 15.9 Å². The molecule has 0 fully saturated rings. The Morgan fingerprint density at radius 2 is 1.25 bits per heavy atom. The molecule has 4 aromatic rings. The Morgan fingerprint density at radius 1 is 0.607 bits per heavy atom. The van der Waals surface area contributed by atoms with Gasteiger partial charge in [0.1, 0.15) is 5.84 Å². The van der Waals surface area contributed by atoms with Gasteiger partial charge in [-0.1, -0.05) is 82.7 Å². The summed E-state index contributed by atoms with van der Waals surface area (Å²) in [5.41, 5.74) is 6.58. The zero-order valence-electron chi connectivity index (χ0n) is 15.1. The predicted octanol–water partition coefficient (Wildman–Crippen LogP) is 7.35. The lowest BCUT2D eigenvalue weighted by atomic mass is 10.0. The van der Waals surface area contributed by atoms with E-state index in [2.05, 4.69) is 112 Å². The Kier molecular flexibility index (Phi) is 4.30. The van der Waals surface area contributed by atoms with E-state index in [4.69, 9.17) is 4.99 Å². The molecule has 0 bridgehead atoms. The second-order valence-electron chi connectivity index (χ2n) is 6.65. The first-order valence-electron chi connectivity index (χ1n) is 9.19. The average Bonchev–Trinajstić information content (AvgIpc) is 2.90. The highest BCUT2D eigenvalue weighted by Crippen LogP contribution is 2.43. The highest BCUT2D eigenvalue weighted by Gasteiger charge is 2.25. The highest BCUT2D eigenvalue weighted by atomic mass is 79.9. The standard InChI is InChI=1S/C25H17BrN2/c26-19-14-16-20(17-15-19)28-24-13-7-5-11-22(24)21-10-4-6-12-23(21)27-25(28)18-8-2-1-3-9-18/h1-17H. The number of para-hydroxylation sites is 2. The zero-order valence-corrected chi connectivity index (χ0v) is 16.7. The molecule has 0 unspecified atom stereocenters. The summed E-state index contributed by atoms with van der Waals surface area (Å²) in [6, 6.07) is 35.6. The second-order valence-corrected chi connectivity index (χ2v) is 7.56. The topological polar surface area (TPSA) is 15.6 Å². The number of nitrogens with zero attached hydrogens (tertiary/aromatic N) is 2. The molecule has 0 amide bonds. The van der Waals surface area contributed by atoms with Crippen molar-refractivity contribution < 1.29 is 0 Å². The lowest BCUT2D eigenvalue weighted by Gasteiger charge is -2.27. The molecule has 5 rings (SSSR count). The van der Waals surface area contributed by atoms with Gasteiger partial charge in [-0.2, -0.15) is 0 Å². The zero-order chi connectivity index (χ0) is 18.9. The summed E-state index contributed by atoms with van der Waals surface area (Å²) < 4.78 is 1.06. The van der Waals surface area contributed by atoms with Gasteiger partial charge in [0, 0.05) is 26.9 Å². The third-order valence-corrected chi connectivity index (χ3v) is 5.42. The number of hydrogen-bond donors (Lipinski definition) is 0. The number of anilines is 2. The molecule has 0 spiro atoms. The van der Waals surface area contributed by atoms with Crippen molar-refractivity contribution in [3.8, 4) is 11.1 Å². The third kappa shape index (κ3) is 2.94. The van der Waals surface area contributed by atoms with Gasteiger partial charge in [-0.25, -0.2) is 4.99 Å². The summed E-state index contributed by atoms with van der Waals surface area (Å²) in [6.45, 7) is 0. The Hall–Kier alpha value is -3.17. The maximum absolute atomic E-state index is 5.14. The molecule has 0 atom stereocenters. The number of amidine groups is 1. The van der Waals surface area contributed by atoms with Crippen molar-refractivity contribution in [2.24, 2.45) is 4.99 Å². The molecular weight excluding hydrogens is 408 g/mol. The van der Waals surface area contributed by atoms with E-state index < -0.39 is 0 Å². The Morgan fingerprint density at radius 3 is 2.04 bits per heavy atom. The average molecular weight is 425 g/mol. The molecule has 1 heterocycles. The highest BCUT2D eigenvalue weighted by molar-refractivity contribution is 9.10. The van der Waals surface area contributed by atoms with Crippen molar-refractivity contribution in [2.45, 2.75) is 0 Å². The summed E-state index contributed by atoms with van der Waals surface area (Å²) in [7, 11) is 0. The maximum atomic E-state index is 5.14. The van der Waals surface area contributed by atoms with Gasteiger partial charge in [-0.3, -0.25) is 4.90 Å². The van der Waals surface area contributed by atoms with Crippen molar-refractivity contribution in [3.05, 3.63) is 113 Å². The van der Waals surface area contributed by atoms with Gasteiger partial charge in [0.05, 0.1) is 11.4 Å². The molecule has 0 saturated heterocycles. The van der Waals surface area contributed by atoms with Crippen LogP contribution in [0, 0.1) is 0 Å². The first-order valence-corrected chi connectivity index (χ1v) is 9.99. The van der Waals surface area contributed by atoms with E-state index in [9.17, 15) is 0 Å². The van der Waals surface area contributed by atoms with Crippen LogP contribution in [-0.4, -0.2) is 5.84 Å². The molecule has 28 heavy (non-hydrogen) atoms. The fraction of sp³-hybridized carbons (Fsp3) is 0. The second kappa shape index (κ2) is 7.10. The minimum Gasteiger partial charge on any atom is -0.294 e. The van der Waals surface area contributed by atoms with Crippen LogP contribution in [0.25, 0.3) is 11.1 Å². The maximum Gasteiger partial charge on any atom is 0.145 e. The van der Waals surface area contributed by atoms with Gasteiger partial charge < -0.3 is 0 Å². The monoisotopic (exact) mass is 424 g/mol. The quantitative estimate of drug-likeness (QED) is 0.328. The lowest BCUT2D eigenvalue weighted by molar-refractivity contribution is 1.32. The van der Waals surface area contributed by atoms with Crippen LogP contribution in [-0.2, 0) is 0 Å². The van der Waals surface area contributed by atoms with E-state index in [1.807, 2.05) is 12.1 Å².